The standard InChI is InChI=1S/C10H11N3O4S/c1-7-3-4-8(6-11)5-9(7)12-18(15,16)13-10(14)17-2/h3-5,12H,1-2H3,(H,13,14). The van der Waals surface area contributed by atoms with Crippen molar-refractivity contribution in [3.8, 4) is 6.07 Å². The van der Waals surface area contributed by atoms with Crippen molar-refractivity contribution in [2.24, 2.45) is 0 Å². The van der Waals surface area contributed by atoms with Crippen molar-refractivity contribution >= 4 is 22.0 Å². The molecule has 0 aliphatic carbocycles. The lowest BCUT2D eigenvalue weighted by Gasteiger charge is -2.10. The molecule has 1 amide bonds. The van der Waals surface area contributed by atoms with Gasteiger partial charge in [-0.25, -0.2) is 9.52 Å². The molecule has 7 nitrogen and oxygen atoms in total. The molecular weight excluding hydrogens is 258 g/mol. The molecule has 2 N–H and O–H groups in total. The van der Waals surface area contributed by atoms with Crippen molar-refractivity contribution in [3.63, 3.8) is 0 Å². The van der Waals surface area contributed by atoms with Crippen molar-refractivity contribution in [3.05, 3.63) is 29.3 Å². The highest BCUT2D eigenvalue weighted by Crippen LogP contribution is 2.17. The highest BCUT2D eigenvalue weighted by Gasteiger charge is 2.15. The van der Waals surface area contributed by atoms with E-state index in [9.17, 15) is 13.2 Å². The molecule has 0 fully saturated rings. The maximum Gasteiger partial charge on any atom is 0.422 e. The van der Waals surface area contributed by atoms with Crippen LogP contribution < -0.4 is 9.44 Å². The third-order valence-corrected chi connectivity index (χ3v) is 2.94. The minimum Gasteiger partial charge on any atom is -0.452 e. The van der Waals surface area contributed by atoms with Gasteiger partial charge in [0.05, 0.1) is 24.4 Å². The molecule has 0 radical (unpaired) electrons. The van der Waals surface area contributed by atoms with Crippen LogP contribution in [0.5, 0.6) is 0 Å². The first-order valence-corrected chi connectivity index (χ1v) is 6.25. The minimum absolute atomic E-state index is 0.213. The molecule has 0 atom stereocenters. The summed E-state index contributed by atoms with van der Waals surface area (Å²) in [5.74, 6) is 0. The summed E-state index contributed by atoms with van der Waals surface area (Å²) in [6.07, 6.45) is -1.10. The van der Waals surface area contributed by atoms with Crippen LogP contribution in [0.3, 0.4) is 0 Å². The number of carbonyl (C=O) groups excluding carboxylic acids is 1. The lowest BCUT2D eigenvalue weighted by atomic mass is 10.1. The van der Waals surface area contributed by atoms with E-state index in [1.165, 1.54) is 6.07 Å². The lowest BCUT2D eigenvalue weighted by Crippen LogP contribution is -2.35. The Hall–Kier alpha value is -2.27. The van der Waals surface area contributed by atoms with E-state index in [4.69, 9.17) is 5.26 Å². The number of aryl methyl sites for hydroxylation is 1. The topological polar surface area (TPSA) is 108 Å². The monoisotopic (exact) mass is 269 g/mol. The lowest BCUT2D eigenvalue weighted by molar-refractivity contribution is 0.177. The van der Waals surface area contributed by atoms with Crippen LogP contribution in [0.1, 0.15) is 11.1 Å². The number of hydrogen-bond donors (Lipinski definition) is 2. The number of anilines is 1. The maximum atomic E-state index is 11.5. The molecule has 1 aromatic rings. The van der Waals surface area contributed by atoms with E-state index in [1.807, 2.05) is 6.07 Å². The number of hydrogen-bond acceptors (Lipinski definition) is 5. The zero-order chi connectivity index (χ0) is 13.8. The molecule has 0 aromatic heterocycles. The van der Waals surface area contributed by atoms with Crippen molar-refractivity contribution in [1.29, 1.82) is 5.26 Å². The maximum absolute atomic E-state index is 11.5. The predicted octanol–water partition coefficient (Wildman–Crippen LogP) is 0.879. The van der Waals surface area contributed by atoms with Crippen LogP contribution in [0.2, 0.25) is 0 Å². The summed E-state index contributed by atoms with van der Waals surface area (Å²) in [6, 6.07) is 6.40. The summed E-state index contributed by atoms with van der Waals surface area (Å²) in [4.78, 5) is 10.8. The molecule has 18 heavy (non-hydrogen) atoms. The van der Waals surface area contributed by atoms with Gasteiger partial charge in [-0.15, -0.1) is 0 Å². The average Bonchev–Trinajstić information content (AvgIpc) is 2.31. The largest absolute Gasteiger partial charge is 0.452 e. The fraction of sp³-hybridized carbons (Fsp3) is 0.200. The van der Waals surface area contributed by atoms with Crippen molar-refractivity contribution in [2.75, 3.05) is 11.8 Å². The summed E-state index contributed by atoms with van der Waals surface area (Å²) in [7, 11) is -3.03. The second-order valence-electron chi connectivity index (χ2n) is 3.34. The summed E-state index contributed by atoms with van der Waals surface area (Å²) in [5, 5.41) is 8.72. The number of nitrogens with zero attached hydrogens (tertiary/aromatic N) is 1. The summed E-state index contributed by atoms with van der Waals surface area (Å²) in [6.45, 7) is 1.66. The average molecular weight is 269 g/mol. The van der Waals surface area contributed by atoms with Gasteiger partial charge in [0.25, 0.3) is 0 Å². The van der Waals surface area contributed by atoms with E-state index < -0.39 is 16.3 Å². The van der Waals surface area contributed by atoms with Crippen LogP contribution in [-0.4, -0.2) is 21.6 Å². The normalized spacial score (nSPS) is 10.3. The van der Waals surface area contributed by atoms with Gasteiger partial charge < -0.3 is 4.74 Å². The Kier molecular flexibility index (Phi) is 4.12. The Morgan fingerprint density at radius 3 is 2.67 bits per heavy atom. The molecule has 0 spiro atoms. The third kappa shape index (κ3) is 3.64. The Morgan fingerprint density at radius 2 is 2.11 bits per heavy atom. The van der Waals surface area contributed by atoms with E-state index >= 15 is 0 Å². The van der Waals surface area contributed by atoms with Gasteiger partial charge in [0.15, 0.2) is 0 Å². The SMILES string of the molecule is COC(=O)NS(=O)(=O)Nc1cc(C#N)ccc1C. The third-order valence-electron chi connectivity index (χ3n) is 2.01. The Morgan fingerprint density at radius 1 is 1.44 bits per heavy atom. The van der Waals surface area contributed by atoms with Gasteiger partial charge in [-0.3, -0.25) is 4.72 Å². The molecule has 0 unspecified atom stereocenters. The summed E-state index contributed by atoms with van der Waals surface area (Å²) in [5.41, 5.74) is 1.13. The second-order valence-corrected chi connectivity index (χ2v) is 4.76. The van der Waals surface area contributed by atoms with Gasteiger partial charge in [-0.2, -0.15) is 13.7 Å². The summed E-state index contributed by atoms with van der Waals surface area (Å²) >= 11 is 0. The van der Waals surface area contributed by atoms with Gasteiger partial charge in [-0.1, -0.05) is 6.07 Å². The fourth-order valence-corrected chi connectivity index (χ4v) is 1.99. The van der Waals surface area contributed by atoms with E-state index in [0.29, 0.717) is 11.1 Å². The highest BCUT2D eigenvalue weighted by molar-refractivity contribution is 7.91. The number of rotatable bonds is 3. The van der Waals surface area contributed by atoms with Crippen LogP contribution in [0.4, 0.5) is 10.5 Å². The number of benzene rings is 1. The Labute approximate surface area is 105 Å². The van der Waals surface area contributed by atoms with Gasteiger partial charge in [0.2, 0.25) is 0 Å². The second kappa shape index (κ2) is 5.37. The van der Waals surface area contributed by atoms with E-state index in [-0.39, 0.29) is 5.69 Å². The fourth-order valence-electron chi connectivity index (χ4n) is 1.12. The van der Waals surface area contributed by atoms with E-state index in [0.717, 1.165) is 7.11 Å². The van der Waals surface area contributed by atoms with Crippen molar-refractivity contribution in [2.45, 2.75) is 6.92 Å². The van der Waals surface area contributed by atoms with Crippen LogP contribution in [0, 0.1) is 18.3 Å². The van der Waals surface area contributed by atoms with E-state index in [1.54, 1.807) is 23.8 Å². The molecule has 0 aliphatic heterocycles. The molecular formula is C10H11N3O4S. The van der Waals surface area contributed by atoms with Gasteiger partial charge >= 0.3 is 16.3 Å². The van der Waals surface area contributed by atoms with Gasteiger partial charge in [0, 0.05) is 0 Å². The Balaban J connectivity index is 2.97. The number of amides is 1. The molecule has 8 heteroatoms. The number of methoxy groups -OCH3 is 1. The number of nitriles is 1. The molecule has 0 heterocycles. The van der Waals surface area contributed by atoms with E-state index in [2.05, 4.69) is 9.46 Å². The number of ether oxygens (including phenoxy) is 1. The minimum atomic E-state index is -4.08. The molecule has 1 aromatic carbocycles. The quantitative estimate of drug-likeness (QED) is 0.846. The first kappa shape index (κ1) is 13.8. The zero-order valence-electron chi connectivity index (χ0n) is 9.72. The van der Waals surface area contributed by atoms with Crippen molar-refractivity contribution in [1.82, 2.24) is 4.72 Å². The van der Waals surface area contributed by atoms with Gasteiger partial charge in [-0.05, 0) is 24.6 Å². The molecule has 0 aliphatic rings. The van der Waals surface area contributed by atoms with Crippen molar-refractivity contribution < 1.29 is 17.9 Å². The molecule has 0 saturated carbocycles. The van der Waals surface area contributed by atoms with Crippen LogP contribution >= 0.6 is 0 Å². The summed E-state index contributed by atoms with van der Waals surface area (Å²) < 4.78 is 31.0. The van der Waals surface area contributed by atoms with Crippen LogP contribution in [0.15, 0.2) is 18.2 Å². The Bertz CT molecular complexity index is 604. The van der Waals surface area contributed by atoms with Crippen LogP contribution in [0.25, 0.3) is 0 Å². The highest BCUT2D eigenvalue weighted by atomic mass is 32.2. The predicted molar refractivity (Wildman–Crippen MR) is 64.0 cm³/mol. The van der Waals surface area contributed by atoms with Gasteiger partial charge in [0.1, 0.15) is 0 Å². The molecule has 0 bridgehead atoms. The first-order valence-electron chi connectivity index (χ1n) is 4.77. The van der Waals surface area contributed by atoms with Crippen LogP contribution in [-0.2, 0) is 14.9 Å². The number of carbonyl (C=O) groups is 1. The molecule has 1 rings (SSSR count). The molecule has 0 saturated heterocycles. The smallest absolute Gasteiger partial charge is 0.422 e. The zero-order valence-corrected chi connectivity index (χ0v) is 10.5. The first-order chi connectivity index (χ1) is 8.38. The molecule has 96 valence electrons. The number of nitrogens with one attached hydrogen (secondary N) is 2.